The van der Waals surface area contributed by atoms with Crippen LogP contribution in [0.1, 0.15) is 53.4 Å². The van der Waals surface area contributed by atoms with Crippen molar-refractivity contribution in [3.63, 3.8) is 0 Å². The molecular weight excluding hydrogens is 402 g/mol. The van der Waals surface area contributed by atoms with Gasteiger partial charge >= 0.3 is 5.97 Å². The largest absolute Gasteiger partial charge is 0.478 e. The number of rotatable bonds is 4. The molecule has 0 spiro atoms. The van der Waals surface area contributed by atoms with E-state index in [-0.39, 0.29) is 18.0 Å². The molecule has 2 N–H and O–H groups in total. The van der Waals surface area contributed by atoms with Crippen LogP contribution in [0.15, 0.2) is 54.9 Å². The molecule has 0 unspecified atom stereocenters. The molecule has 2 aromatic carbocycles. The third-order valence-electron chi connectivity index (χ3n) is 6.35. The van der Waals surface area contributed by atoms with Crippen molar-refractivity contribution in [2.45, 2.75) is 46.2 Å². The zero-order chi connectivity index (χ0) is 23.0. The van der Waals surface area contributed by atoms with Crippen LogP contribution in [0, 0.1) is 13.8 Å². The number of nitrogens with one attached hydrogen (secondary N) is 1. The maximum absolute atomic E-state index is 12.4. The summed E-state index contributed by atoms with van der Waals surface area (Å²) in [5.41, 5.74) is 6.87. The molecule has 2 heterocycles. The number of carbonyl (C=O) groups is 2. The maximum Gasteiger partial charge on any atom is 0.335 e. The van der Waals surface area contributed by atoms with Crippen LogP contribution < -0.4 is 10.2 Å². The molecule has 3 aromatic rings. The Bertz CT molecular complexity index is 1190. The number of aromatic carboxylic acids is 1. The molecule has 2 atom stereocenters. The minimum absolute atomic E-state index is 0.0134. The second-order valence-corrected chi connectivity index (χ2v) is 8.40. The van der Waals surface area contributed by atoms with Gasteiger partial charge in [0.1, 0.15) is 0 Å². The van der Waals surface area contributed by atoms with Crippen LogP contribution in [-0.4, -0.2) is 28.0 Å². The van der Waals surface area contributed by atoms with Crippen molar-refractivity contribution in [3.05, 3.63) is 77.1 Å². The van der Waals surface area contributed by atoms with Crippen LogP contribution in [0.3, 0.4) is 0 Å². The minimum Gasteiger partial charge on any atom is -0.478 e. The first-order valence-corrected chi connectivity index (χ1v) is 10.7. The van der Waals surface area contributed by atoms with Crippen molar-refractivity contribution in [2.24, 2.45) is 0 Å². The van der Waals surface area contributed by atoms with Crippen LogP contribution in [0.25, 0.3) is 11.1 Å². The quantitative estimate of drug-likeness (QED) is 0.583. The van der Waals surface area contributed by atoms with Gasteiger partial charge in [-0.25, -0.2) is 4.79 Å². The fourth-order valence-electron chi connectivity index (χ4n) is 4.66. The second kappa shape index (κ2) is 8.46. The van der Waals surface area contributed by atoms with Gasteiger partial charge in [0.25, 0.3) is 0 Å². The Hall–Kier alpha value is -3.67. The second-order valence-electron chi connectivity index (χ2n) is 8.40. The predicted octanol–water partition coefficient (Wildman–Crippen LogP) is 5.36. The van der Waals surface area contributed by atoms with E-state index < -0.39 is 5.97 Å². The first kappa shape index (κ1) is 21.6. The molecule has 32 heavy (non-hydrogen) atoms. The number of carbonyl (C=O) groups excluding carboxylic acids is 1. The summed E-state index contributed by atoms with van der Waals surface area (Å²) in [4.78, 5) is 30.0. The van der Waals surface area contributed by atoms with E-state index in [4.69, 9.17) is 0 Å². The normalized spacial score (nSPS) is 17.6. The van der Waals surface area contributed by atoms with Gasteiger partial charge in [-0.1, -0.05) is 12.1 Å². The van der Waals surface area contributed by atoms with E-state index in [1.165, 1.54) is 0 Å². The highest BCUT2D eigenvalue weighted by molar-refractivity contribution is 5.95. The number of fused-ring (bicyclic) bond motifs is 1. The predicted molar refractivity (Wildman–Crippen MR) is 126 cm³/mol. The highest BCUT2D eigenvalue weighted by Gasteiger charge is 2.32. The monoisotopic (exact) mass is 429 g/mol. The van der Waals surface area contributed by atoms with E-state index >= 15 is 0 Å². The standard InChI is InChI=1S/C26H27N3O3/c1-15-12-24(28-20-6-5-11-27-14-20)23-13-19(7-10-25(23)29(15)18(4)30)21-8-9-22(26(31)32)17(3)16(21)2/h5-11,13-15,24,28H,12H2,1-4H3,(H,31,32)/t15-,24+/m0/s1. The molecule has 0 radical (unpaired) electrons. The maximum atomic E-state index is 12.4. The van der Waals surface area contributed by atoms with E-state index in [1.54, 1.807) is 25.4 Å². The summed E-state index contributed by atoms with van der Waals surface area (Å²) in [6, 6.07) is 13.6. The minimum atomic E-state index is -0.922. The van der Waals surface area contributed by atoms with Crippen molar-refractivity contribution in [1.29, 1.82) is 0 Å². The zero-order valence-corrected chi connectivity index (χ0v) is 18.7. The molecule has 1 aliphatic heterocycles. The number of benzene rings is 2. The Kier molecular flexibility index (Phi) is 5.70. The fraction of sp³-hybridized carbons (Fsp3) is 0.269. The third-order valence-corrected chi connectivity index (χ3v) is 6.35. The number of amides is 1. The molecule has 6 nitrogen and oxygen atoms in total. The van der Waals surface area contributed by atoms with Gasteiger partial charge in [-0.3, -0.25) is 9.78 Å². The van der Waals surface area contributed by atoms with Gasteiger partial charge in [-0.15, -0.1) is 0 Å². The SMILES string of the molecule is CC(=O)N1c2ccc(-c3ccc(C(=O)O)c(C)c3C)cc2[C@H](Nc2cccnc2)C[C@@H]1C. The lowest BCUT2D eigenvalue weighted by atomic mass is 9.87. The topological polar surface area (TPSA) is 82.5 Å². The van der Waals surface area contributed by atoms with Crippen LogP contribution >= 0.6 is 0 Å². The summed E-state index contributed by atoms with van der Waals surface area (Å²) in [5.74, 6) is -0.904. The third kappa shape index (κ3) is 3.84. The summed E-state index contributed by atoms with van der Waals surface area (Å²) in [7, 11) is 0. The average Bonchev–Trinajstić information content (AvgIpc) is 2.75. The van der Waals surface area contributed by atoms with Gasteiger partial charge in [-0.05, 0) is 85.3 Å². The van der Waals surface area contributed by atoms with Crippen molar-refractivity contribution >= 4 is 23.3 Å². The summed E-state index contributed by atoms with van der Waals surface area (Å²) >= 11 is 0. The Morgan fingerprint density at radius 3 is 2.56 bits per heavy atom. The number of aromatic nitrogens is 1. The van der Waals surface area contributed by atoms with Crippen LogP contribution in [0.4, 0.5) is 11.4 Å². The molecule has 6 heteroatoms. The van der Waals surface area contributed by atoms with Gasteiger partial charge in [0.2, 0.25) is 5.91 Å². The van der Waals surface area contributed by atoms with Crippen molar-refractivity contribution in [3.8, 4) is 11.1 Å². The van der Waals surface area contributed by atoms with Crippen LogP contribution in [0.2, 0.25) is 0 Å². The van der Waals surface area contributed by atoms with Gasteiger partial charge in [0.05, 0.1) is 17.3 Å². The van der Waals surface area contributed by atoms with Gasteiger partial charge in [0, 0.05) is 31.0 Å². The molecule has 0 saturated carbocycles. The molecule has 0 fully saturated rings. The number of carboxylic acids is 1. The average molecular weight is 430 g/mol. The first-order valence-electron chi connectivity index (χ1n) is 10.7. The van der Waals surface area contributed by atoms with Crippen molar-refractivity contribution in [2.75, 3.05) is 10.2 Å². The van der Waals surface area contributed by atoms with E-state index in [1.807, 2.05) is 49.1 Å². The lowest BCUT2D eigenvalue weighted by Gasteiger charge is -2.39. The fourth-order valence-corrected chi connectivity index (χ4v) is 4.66. The molecule has 0 aliphatic carbocycles. The van der Waals surface area contributed by atoms with Crippen LogP contribution in [0.5, 0.6) is 0 Å². The molecule has 1 aliphatic rings. The zero-order valence-electron chi connectivity index (χ0n) is 18.7. The van der Waals surface area contributed by atoms with E-state index in [0.29, 0.717) is 5.56 Å². The molecule has 0 saturated heterocycles. The Labute approximate surface area is 187 Å². The van der Waals surface area contributed by atoms with E-state index in [0.717, 1.165) is 45.6 Å². The van der Waals surface area contributed by atoms with E-state index in [9.17, 15) is 14.7 Å². The number of nitrogens with zero attached hydrogens (tertiary/aromatic N) is 2. The smallest absolute Gasteiger partial charge is 0.335 e. The number of hydrogen-bond acceptors (Lipinski definition) is 4. The van der Waals surface area contributed by atoms with Gasteiger partial charge in [-0.2, -0.15) is 0 Å². The lowest BCUT2D eigenvalue weighted by Crippen LogP contribution is -2.43. The molecular formula is C26H27N3O3. The van der Waals surface area contributed by atoms with Crippen LogP contribution in [-0.2, 0) is 4.79 Å². The first-order chi connectivity index (χ1) is 15.3. The highest BCUT2D eigenvalue weighted by atomic mass is 16.4. The number of hydrogen-bond donors (Lipinski definition) is 2. The van der Waals surface area contributed by atoms with Gasteiger partial charge in [0.15, 0.2) is 0 Å². The molecule has 0 bridgehead atoms. The molecule has 4 rings (SSSR count). The summed E-state index contributed by atoms with van der Waals surface area (Å²) in [6.07, 6.45) is 4.30. The Balaban J connectivity index is 1.82. The Morgan fingerprint density at radius 1 is 1.12 bits per heavy atom. The molecule has 1 aromatic heterocycles. The number of anilines is 2. The molecule has 164 valence electrons. The number of carboxylic acid groups (broad SMARTS) is 1. The summed E-state index contributed by atoms with van der Waals surface area (Å²) < 4.78 is 0. The lowest BCUT2D eigenvalue weighted by molar-refractivity contribution is -0.117. The molecule has 1 amide bonds. The highest BCUT2D eigenvalue weighted by Crippen LogP contribution is 2.41. The Morgan fingerprint density at radius 2 is 1.91 bits per heavy atom. The van der Waals surface area contributed by atoms with E-state index in [2.05, 4.69) is 23.3 Å². The van der Waals surface area contributed by atoms with Gasteiger partial charge < -0.3 is 15.3 Å². The summed E-state index contributed by atoms with van der Waals surface area (Å²) in [5, 5.41) is 13.0. The summed E-state index contributed by atoms with van der Waals surface area (Å²) in [6.45, 7) is 7.45. The number of pyridine rings is 1. The van der Waals surface area contributed by atoms with Crippen molar-refractivity contribution in [1.82, 2.24) is 4.98 Å². The van der Waals surface area contributed by atoms with Crippen molar-refractivity contribution < 1.29 is 14.7 Å².